The van der Waals surface area contributed by atoms with Crippen molar-refractivity contribution in [3.05, 3.63) is 54.6 Å². The zero-order valence-corrected chi connectivity index (χ0v) is 40.6. The average molecular weight is 929 g/mol. The summed E-state index contributed by atoms with van der Waals surface area (Å²) in [6.07, 6.45) is 8.27. The number of nitrogens with zero attached hydrogens (tertiary/aromatic N) is 4. The second-order valence-electron chi connectivity index (χ2n) is 19.9. The third-order valence-electron chi connectivity index (χ3n) is 12.8. The predicted octanol–water partition coefficient (Wildman–Crippen LogP) is 5.34. The number of hydrogen-bond acceptors (Lipinski definition) is 11. The van der Waals surface area contributed by atoms with E-state index in [1.54, 1.807) is 44.4 Å². The van der Waals surface area contributed by atoms with Crippen molar-refractivity contribution in [2.24, 2.45) is 35.0 Å². The summed E-state index contributed by atoms with van der Waals surface area (Å²) in [6, 6.07) is 5.68. The number of para-hydroxylation sites is 1. The number of ketones is 4. The SMILES string of the molecule is CCC[C@H](CC(=O)[C@@H]1CN(C(=O)Nc2ccccc2)C[C@@H]1NC(=O)[C@@H](CC(=O)[C@@H](NC(=O)c1cnccn1)C1CCCCC1)C(C)(C)C)C(=O)C(=O)CCC(=O)N[C@@H](CC(C)C)C(=O)N(C)C. The fraction of sp³-hybridized carbons (Fsp3) is 0.620. The van der Waals surface area contributed by atoms with Gasteiger partial charge in [0.2, 0.25) is 23.5 Å². The Morgan fingerprint density at radius 1 is 0.866 bits per heavy atom. The molecule has 1 saturated heterocycles. The number of aromatic nitrogens is 2. The summed E-state index contributed by atoms with van der Waals surface area (Å²) >= 11 is 0. The molecule has 0 radical (unpaired) electrons. The van der Waals surface area contributed by atoms with Crippen molar-refractivity contribution >= 4 is 58.5 Å². The largest absolute Gasteiger partial charge is 0.351 e. The van der Waals surface area contributed by atoms with E-state index in [0.717, 1.165) is 32.1 Å². The highest BCUT2D eigenvalue weighted by atomic mass is 16.2. The molecule has 4 rings (SSSR count). The highest BCUT2D eigenvalue weighted by Crippen LogP contribution is 2.34. The Morgan fingerprint density at radius 3 is 2.15 bits per heavy atom. The maximum atomic E-state index is 14.5. The van der Waals surface area contributed by atoms with E-state index < -0.39 is 88.8 Å². The standard InChI is InChI=1S/C50H72N8O9/c1-9-16-33(45(63)40(59)21-22-43(62)54-37(25-31(2)3)48(66)57(7)8)26-41(60)35-29-58(49(67)53-34-19-14-11-15-20-34)30-39(35)55-46(64)36(50(4,5)6)27-42(61)44(32-17-12-10-13-18-32)56-47(65)38-28-51-23-24-52-38/h11,14-15,19-20,23-24,28,31-33,35-37,39,44H,9-10,12-13,16-18,21-22,25-27,29-30H2,1-8H3,(H,53,67)(H,54,62)(H,55,64)(H,56,65)/t33-,35-,36-,37+,39+,44+/m1/s1. The van der Waals surface area contributed by atoms with Crippen LogP contribution in [0.4, 0.5) is 10.5 Å². The summed E-state index contributed by atoms with van der Waals surface area (Å²) in [4.78, 5) is 134. The van der Waals surface area contributed by atoms with Crippen LogP contribution in [0.25, 0.3) is 0 Å². The van der Waals surface area contributed by atoms with Gasteiger partial charge in [-0.3, -0.25) is 43.3 Å². The Bertz CT molecular complexity index is 2050. The van der Waals surface area contributed by atoms with Crippen molar-refractivity contribution in [2.45, 2.75) is 137 Å². The van der Waals surface area contributed by atoms with Gasteiger partial charge in [0.25, 0.3) is 5.91 Å². The molecule has 0 bridgehead atoms. The van der Waals surface area contributed by atoms with Crippen LogP contribution in [0.1, 0.15) is 129 Å². The Morgan fingerprint density at radius 2 is 1.55 bits per heavy atom. The van der Waals surface area contributed by atoms with Crippen molar-refractivity contribution < 1.29 is 43.2 Å². The number of anilines is 1. The fourth-order valence-electron chi connectivity index (χ4n) is 9.05. The monoisotopic (exact) mass is 929 g/mol. The summed E-state index contributed by atoms with van der Waals surface area (Å²) in [6.45, 7) is 11.0. The second-order valence-corrected chi connectivity index (χ2v) is 19.9. The zero-order valence-electron chi connectivity index (χ0n) is 40.6. The number of carbonyl (C=O) groups is 9. The molecule has 4 N–H and O–H groups in total. The van der Waals surface area contributed by atoms with Gasteiger partial charge in [0, 0.05) is 82.8 Å². The van der Waals surface area contributed by atoms with Gasteiger partial charge in [0.05, 0.1) is 24.2 Å². The van der Waals surface area contributed by atoms with E-state index in [0.29, 0.717) is 18.5 Å². The molecule has 0 spiro atoms. The van der Waals surface area contributed by atoms with Gasteiger partial charge in [0.1, 0.15) is 17.5 Å². The zero-order chi connectivity index (χ0) is 49.4. The van der Waals surface area contributed by atoms with Crippen molar-refractivity contribution in [1.82, 2.24) is 35.7 Å². The molecule has 1 aromatic heterocycles. The van der Waals surface area contributed by atoms with Gasteiger partial charge >= 0.3 is 6.03 Å². The summed E-state index contributed by atoms with van der Waals surface area (Å²) in [7, 11) is 3.18. The number of urea groups is 1. The summed E-state index contributed by atoms with van der Waals surface area (Å²) in [5.74, 6) is -7.11. The van der Waals surface area contributed by atoms with Gasteiger partial charge in [-0.15, -0.1) is 0 Å². The molecule has 2 aromatic rings. The van der Waals surface area contributed by atoms with Crippen LogP contribution in [0, 0.1) is 35.0 Å². The van der Waals surface area contributed by atoms with Crippen molar-refractivity contribution in [3.63, 3.8) is 0 Å². The predicted molar refractivity (Wildman–Crippen MR) is 252 cm³/mol. The van der Waals surface area contributed by atoms with Gasteiger partial charge < -0.3 is 31.1 Å². The highest BCUT2D eigenvalue weighted by molar-refractivity contribution is 6.38. The van der Waals surface area contributed by atoms with Crippen molar-refractivity contribution in [3.8, 4) is 0 Å². The maximum Gasteiger partial charge on any atom is 0.321 e. The molecule has 2 heterocycles. The molecule has 67 heavy (non-hydrogen) atoms. The first-order chi connectivity index (χ1) is 31.7. The smallest absolute Gasteiger partial charge is 0.321 e. The van der Waals surface area contributed by atoms with Gasteiger partial charge in [-0.25, -0.2) is 9.78 Å². The number of benzene rings is 1. The molecule has 1 aliphatic carbocycles. The molecule has 17 nitrogen and oxygen atoms in total. The molecular weight excluding hydrogens is 857 g/mol. The Labute approximate surface area is 395 Å². The molecule has 6 amide bonds. The first-order valence-corrected chi connectivity index (χ1v) is 23.8. The normalized spacial score (nSPS) is 18.2. The van der Waals surface area contributed by atoms with E-state index in [1.807, 2.05) is 41.5 Å². The lowest BCUT2D eigenvalue weighted by atomic mass is 9.74. The molecule has 366 valence electrons. The molecule has 2 fully saturated rings. The van der Waals surface area contributed by atoms with Crippen LogP contribution in [0.5, 0.6) is 0 Å². The highest BCUT2D eigenvalue weighted by Gasteiger charge is 2.45. The maximum absolute atomic E-state index is 14.5. The van der Waals surface area contributed by atoms with Crippen LogP contribution in [-0.4, -0.2) is 118 Å². The van der Waals surface area contributed by atoms with Crippen LogP contribution in [-0.2, 0) is 33.6 Å². The summed E-state index contributed by atoms with van der Waals surface area (Å²) in [5, 5.41) is 11.5. The minimum atomic E-state index is -1.01. The van der Waals surface area contributed by atoms with Crippen LogP contribution < -0.4 is 21.3 Å². The second kappa shape index (κ2) is 25.3. The quantitative estimate of drug-likeness (QED) is 0.104. The first kappa shape index (κ1) is 53.7. The number of likely N-dealkylation sites (tertiary alicyclic amines) is 1. The number of carbonyl (C=O) groups excluding carboxylic acids is 9. The van der Waals surface area contributed by atoms with E-state index in [9.17, 15) is 43.2 Å². The van der Waals surface area contributed by atoms with E-state index >= 15 is 0 Å². The van der Waals surface area contributed by atoms with Gasteiger partial charge in [-0.1, -0.05) is 85.4 Å². The van der Waals surface area contributed by atoms with E-state index in [-0.39, 0.29) is 68.0 Å². The molecule has 1 aliphatic heterocycles. The minimum absolute atomic E-state index is 0.0565. The average Bonchev–Trinajstić information content (AvgIpc) is 3.72. The first-order valence-electron chi connectivity index (χ1n) is 23.8. The minimum Gasteiger partial charge on any atom is -0.351 e. The van der Waals surface area contributed by atoms with Gasteiger partial charge in [0.15, 0.2) is 11.6 Å². The molecule has 0 unspecified atom stereocenters. The lowest BCUT2D eigenvalue weighted by Gasteiger charge is -2.34. The van der Waals surface area contributed by atoms with Crippen LogP contribution >= 0.6 is 0 Å². The Kier molecular flexibility index (Phi) is 20.3. The number of rotatable bonds is 23. The number of amides is 6. The van der Waals surface area contributed by atoms with Crippen molar-refractivity contribution in [2.75, 3.05) is 32.5 Å². The summed E-state index contributed by atoms with van der Waals surface area (Å²) < 4.78 is 0. The Balaban J connectivity index is 1.53. The molecule has 6 atom stereocenters. The van der Waals surface area contributed by atoms with Crippen molar-refractivity contribution in [1.29, 1.82) is 0 Å². The number of hydrogen-bond donors (Lipinski definition) is 4. The third kappa shape index (κ3) is 16.2. The molecular formula is C50H72N8O9. The third-order valence-corrected chi connectivity index (χ3v) is 12.8. The van der Waals surface area contributed by atoms with E-state index in [1.165, 1.54) is 28.4 Å². The summed E-state index contributed by atoms with van der Waals surface area (Å²) in [5.41, 5.74) is -0.172. The Hall–Kier alpha value is -5.87. The van der Waals surface area contributed by atoms with E-state index in [2.05, 4.69) is 31.2 Å². The van der Waals surface area contributed by atoms with Gasteiger partial charge in [-0.05, 0) is 55.1 Å². The topological polar surface area (TPSA) is 234 Å². The molecule has 17 heteroatoms. The van der Waals surface area contributed by atoms with Crippen LogP contribution in [0.15, 0.2) is 48.9 Å². The van der Waals surface area contributed by atoms with Gasteiger partial charge in [-0.2, -0.15) is 0 Å². The number of nitrogens with one attached hydrogen (secondary N) is 4. The number of Topliss-reactive ketones (excluding diaryl/α,β-unsaturated/α-hetero) is 4. The lowest BCUT2D eigenvalue weighted by Crippen LogP contribution is -2.51. The molecule has 1 aromatic carbocycles. The molecule has 1 saturated carbocycles. The molecule has 2 aliphatic rings. The van der Waals surface area contributed by atoms with Crippen LogP contribution in [0.3, 0.4) is 0 Å². The number of likely N-dealkylation sites (N-methyl/N-ethyl adjacent to an activating group) is 1. The van der Waals surface area contributed by atoms with Crippen LogP contribution in [0.2, 0.25) is 0 Å². The van der Waals surface area contributed by atoms with E-state index in [4.69, 9.17) is 0 Å². The fourth-order valence-corrected chi connectivity index (χ4v) is 9.05. The lowest BCUT2D eigenvalue weighted by molar-refractivity contribution is -0.141.